The molecule has 7 heteroatoms. The Morgan fingerprint density at radius 2 is 1.58 bits per heavy atom. The first-order valence-corrected chi connectivity index (χ1v) is 10.9. The lowest BCUT2D eigenvalue weighted by Gasteiger charge is -2.35. The van der Waals surface area contributed by atoms with Crippen LogP contribution >= 0.6 is 12.2 Å². The van der Waals surface area contributed by atoms with Gasteiger partial charge in [0, 0.05) is 17.2 Å². The number of rotatable bonds is 4. The third kappa shape index (κ3) is 4.06. The molecule has 1 saturated carbocycles. The Morgan fingerprint density at radius 1 is 1.00 bits per heavy atom. The molecule has 1 heterocycles. The lowest BCUT2D eigenvalue weighted by atomic mass is 9.99. The second-order valence-corrected chi connectivity index (χ2v) is 8.30. The van der Waals surface area contributed by atoms with Crippen LogP contribution in [-0.2, 0) is 0 Å². The number of halogens is 1. The van der Waals surface area contributed by atoms with Gasteiger partial charge in [0.05, 0.1) is 14.2 Å². The number of aliphatic imine (C=N–C) groups is 1. The molecule has 2 aromatic carbocycles. The highest BCUT2D eigenvalue weighted by molar-refractivity contribution is 7.82. The summed E-state index contributed by atoms with van der Waals surface area (Å²) in [6.07, 6.45) is 5.62. The Kier molecular flexibility index (Phi) is 6.05. The van der Waals surface area contributed by atoms with Gasteiger partial charge >= 0.3 is 0 Å². The molecule has 5 nitrogen and oxygen atoms in total. The van der Waals surface area contributed by atoms with Gasteiger partial charge in [-0.1, -0.05) is 25.1 Å². The van der Waals surface area contributed by atoms with Crippen molar-refractivity contribution in [3.05, 3.63) is 59.4 Å². The molecule has 4 rings (SSSR count). The van der Waals surface area contributed by atoms with E-state index < -0.39 is 5.66 Å². The molecule has 1 fully saturated rings. The molecule has 0 bridgehead atoms. The van der Waals surface area contributed by atoms with Crippen LogP contribution in [0, 0.1) is 5.82 Å². The number of ether oxygens (including phenoxy) is 2. The zero-order valence-corrected chi connectivity index (χ0v) is 18.5. The van der Waals surface area contributed by atoms with Crippen molar-refractivity contribution in [2.45, 2.75) is 44.2 Å². The fourth-order valence-electron chi connectivity index (χ4n) is 4.37. The summed E-state index contributed by atoms with van der Waals surface area (Å²) >= 11 is 5.82. The zero-order chi connectivity index (χ0) is 22.0. The van der Waals surface area contributed by atoms with Gasteiger partial charge in [0.2, 0.25) is 0 Å². The van der Waals surface area contributed by atoms with Crippen LogP contribution in [0.2, 0.25) is 0 Å². The summed E-state index contributed by atoms with van der Waals surface area (Å²) in [4.78, 5) is 20.7. The highest BCUT2D eigenvalue weighted by Gasteiger charge is 2.48. The first-order chi connectivity index (χ1) is 15.0. The van der Waals surface area contributed by atoms with Crippen molar-refractivity contribution in [1.82, 2.24) is 4.90 Å². The van der Waals surface area contributed by atoms with Gasteiger partial charge in [-0.15, -0.1) is 0 Å². The SMILES string of the molecule is COc1cc(OC)cc(C2=NC3(CCCCCC3)N(C(=O)c3ccc(F)cc3)C2=S)c1. The van der Waals surface area contributed by atoms with E-state index in [9.17, 15) is 9.18 Å². The summed E-state index contributed by atoms with van der Waals surface area (Å²) in [5.41, 5.74) is 1.01. The van der Waals surface area contributed by atoms with E-state index in [0.717, 1.165) is 44.1 Å². The molecule has 0 atom stereocenters. The third-order valence-electron chi connectivity index (χ3n) is 5.97. The fraction of sp³-hybridized carbons (Fsp3) is 0.375. The molecule has 162 valence electrons. The molecule has 2 aliphatic rings. The van der Waals surface area contributed by atoms with Gasteiger partial charge in [-0.3, -0.25) is 14.7 Å². The maximum atomic E-state index is 13.6. The first kappa shape index (κ1) is 21.4. The summed E-state index contributed by atoms with van der Waals surface area (Å²) in [5, 5.41) is 0. The molecule has 0 aromatic heterocycles. The maximum absolute atomic E-state index is 13.6. The van der Waals surface area contributed by atoms with Crippen molar-refractivity contribution in [2.24, 2.45) is 4.99 Å². The van der Waals surface area contributed by atoms with E-state index >= 15 is 0 Å². The topological polar surface area (TPSA) is 51.1 Å². The molecule has 31 heavy (non-hydrogen) atoms. The van der Waals surface area contributed by atoms with Crippen LogP contribution in [0.15, 0.2) is 47.5 Å². The minimum atomic E-state index is -0.718. The number of nitrogens with zero attached hydrogens (tertiary/aromatic N) is 2. The average Bonchev–Trinajstić information content (AvgIpc) is 2.91. The van der Waals surface area contributed by atoms with Crippen LogP contribution in [-0.4, -0.2) is 41.4 Å². The summed E-state index contributed by atoms with van der Waals surface area (Å²) < 4.78 is 24.3. The quantitative estimate of drug-likeness (QED) is 0.616. The zero-order valence-electron chi connectivity index (χ0n) is 17.7. The first-order valence-electron chi connectivity index (χ1n) is 10.5. The smallest absolute Gasteiger partial charge is 0.260 e. The highest BCUT2D eigenvalue weighted by atomic mass is 32.1. The van der Waals surface area contributed by atoms with E-state index in [0.29, 0.717) is 27.8 Å². The largest absolute Gasteiger partial charge is 0.497 e. The van der Waals surface area contributed by atoms with Crippen molar-refractivity contribution in [3.63, 3.8) is 0 Å². The number of benzene rings is 2. The molecule has 0 unspecified atom stereocenters. The Labute approximate surface area is 186 Å². The number of methoxy groups -OCH3 is 2. The lowest BCUT2D eigenvalue weighted by molar-refractivity contribution is 0.0691. The van der Waals surface area contributed by atoms with E-state index in [1.807, 2.05) is 12.1 Å². The molecule has 1 spiro atoms. The van der Waals surface area contributed by atoms with Crippen molar-refractivity contribution in [1.29, 1.82) is 0 Å². The van der Waals surface area contributed by atoms with Gasteiger partial charge in [-0.25, -0.2) is 4.39 Å². The van der Waals surface area contributed by atoms with Crippen LogP contribution in [0.3, 0.4) is 0 Å². The van der Waals surface area contributed by atoms with Gasteiger partial charge in [0.25, 0.3) is 5.91 Å². The second-order valence-electron chi connectivity index (χ2n) is 7.91. The van der Waals surface area contributed by atoms with E-state index in [-0.39, 0.29) is 11.7 Å². The lowest BCUT2D eigenvalue weighted by Crippen LogP contribution is -2.49. The van der Waals surface area contributed by atoms with Gasteiger partial charge in [0.1, 0.15) is 33.7 Å². The summed E-state index contributed by atoms with van der Waals surface area (Å²) in [6.45, 7) is 0. The Morgan fingerprint density at radius 3 is 2.13 bits per heavy atom. The van der Waals surface area contributed by atoms with Gasteiger partial charge in [0.15, 0.2) is 0 Å². The third-order valence-corrected chi connectivity index (χ3v) is 6.34. The average molecular weight is 441 g/mol. The predicted octanol–water partition coefficient (Wildman–Crippen LogP) is 5.17. The van der Waals surface area contributed by atoms with Crippen LogP contribution in [0.5, 0.6) is 11.5 Å². The minimum absolute atomic E-state index is 0.250. The Balaban J connectivity index is 1.80. The minimum Gasteiger partial charge on any atom is -0.497 e. The van der Waals surface area contributed by atoms with Crippen molar-refractivity contribution >= 4 is 28.8 Å². The van der Waals surface area contributed by atoms with Gasteiger partial charge < -0.3 is 9.47 Å². The molecular weight excluding hydrogens is 415 g/mol. The Hall–Kier alpha value is -2.80. The molecule has 0 saturated heterocycles. The van der Waals surface area contributed by atoms with Crippen LogP contribution in [0.25, 0.3) is 0 Å². The van der Waals surface area contributed by atoms with Crippen molar-refractivity contribution < 1.29 is 18.7 Å². The molecular formula is C24H25FN2O3S. The molecule has 1 aliphatic carbocycles. The number of carbonyl (C=O) groups is 1. The normalized spacial score (nSPS) is 18.0. The van der Waals surface area contributed by atoms with Crippen molar-refractivity contribution in [2.75, 3.05) is 14.2 Å². The number of hydrogen-bond acceptors (Lipinski definition) is 5. The number of thiocarbonyl (C=S) groups is 1. The van der Waals surface area contributed by atoms with Crippen LogP contribution in [0.4, 0.5) is 4.39 Å². The monoisotopic (exact) mass is 440 g/mol. The summed E-state index contributed by atoms with van der Waals surface area (Å²) in [7, 11) is 3.18. The molecule has 0 radical (unpaired) electrons. The van der Waals surface area contributed by atoms with Crippen LogP contribution in [0.1, 0.15) is 54.4 Å². The van der Waals surface area contributed by atoms with Crippen molar-refractivity contribution in [3.8, 4) is 11.5 Å². The number of hydrogen-bond donors (Lipinski definition) is 0. The summed E-state index contributed by atoms with van der Waals surface area (Å²) in [6, 6.07) is 11.1. The molecule has 1 aliphatic heterocycles. The number of carbonyl (C=O) groups excluding carboxylic acids is 1. The molecule has 0 N–H and O–H groups in total. The van der Waals surface area contributed by atoms with E-state index in [4.69, 9.17) is 26.7 Å². The standard InChI is InChI=1S/C24H25FN2O3S/c1-29-19-13-17(14-20(15-19)30-2)21-23(31)27(22(28)16-7-9-18(25)10-8-16)24(26-21)11-5-3-4-6-12-24/h7-10,13-15H,3-6,11-12H2,1-2H3. The van der Waals surface area contributed by atoms with Gasteiger partial charge in [-0.2, -0.15) is 0 Å². The van der Waals surface area contributed by atoms with Gasteiger partial charge in [-0.05, 0) is 62.1 Å². The number of amides is 1. The van der Waals surface area contributed by atoms with E-state index in [1.165, 1.54) is 24.3 Å². The Bertz CT molecular complexity index is 1010. The maximum Gasteiger partial charge on any atom is 0.260 e. The highest BCUT2D eigenvalue weighted by Crippen LogP contribution is 2.41. The summed E-state index contributed by atoms with van der Waals surface area (Å²) in [5.74, 6) is 0.613. The van der Waals surface area contributed by atoms with E-state index in [2.05, 4.69) is 0 Å². The van der Waals surface area contributed by atoms with E-state index in [1.54, 1.807) is 25.2 Å². The predicted molar refractivity (Wildman–Crippen MR) is 122 cm³/mol. The fourth-order valence-corrected chi connectivity index (χ4v) is 4.78. The second kappa shape index (κ2) is 8.75. The molecule has 2 aromatic rings. The van der Waals surface area contributed by atoms with Crippen LogP contribution < -0.4 is 9.47 Å². The molecule has 1 amide bonds.